The Kier molecular flexibility index (Phi) is 2.60. The largest absolute Gasteiger partial charge is 0.371 e. The number of anilines is 2. The normalized spacial score (nSPS) is 27.3. The van der Waals surface area contributed by atoms with Crippen LogP contribution in [0.3, 0.4) is 0 Å². The Balaban J connectivity index is 1.88. The van der Waals surface area contributed by atoms with E-state index in [9.17, 15) is 0 Å². The Hall–Kier alpha value is -1.40. The Morgan fingerprint density at radius 3 is 2.76 bits per heavy atom. The first-order valence-corrected chi connectivity index (χ1v) is 5.97. The van der Waals surface area contributed by atoms with Crippen molar-refractivity contribution in [2.45, 2.75) is 32.0 Å². The molecule has 2 saturated heterocycles. The molecule has 92 valence electrons. The fourth-order valence-corrected chi connectivity index (χ4v) is 2.61. The molecule has 1 aromatic rings. The number of aryl methyl sites for hydroxylation is 1. The maximum absolute atomic E-state index is 5.82. The predicted octanol–water partition coefficient (Wildman–Crippen LogP) is 0.438. The van der Waals surface area contributed by atoms with Gasteiger partial charge in [0, 0.05) is 24.8 Å². The Morgan fingerprint density at radius 1 is 1.41 bits per heavy atom. The van der Waals surface area contributed by atoms with Crippen LogP contribution in [0.4, 0.5) is 11.8 Å². The van der Waals surface area contributed by atoms with Gasteiger partial charge in [0.2, 0.25) is 5.95 Å². The van der Waals surface area contributed by atoms with Crippen molar-refractivity contribution in [1.82, 2.24) is 9.97 Å². The first-order chi connectivity index (χ1) is 8.26. The summed E-state index contributed by atoms with van der Waals surface area (Å²) in [6.07, 6.45) is 4.84. The van der Waals surface area contributed by atoms with E-state index in [1.165, 1.54) is 0 Å². The van der Waals surface area contributed by atoms with Gasteiger partial charge in [0.05, 0.1) is 12.2 Å². The highest BCUT2D eigenvalue weighted by molar-refractivity contribution is 5.49. The SMILES string of the molecule is Cc1cnc(NN)nc1N1CC2CCC(C1)O2. The van der Waals surface area contributed by atoms with Crippen molar-refractivity contribution in [3.63, 3.8) is 0 Å². The summed E-state index contributed by atoms with van der Waals surface area (Å²) in [5.74, 6) is 6.78. The molecule has 1 aromatic heterocycles. The Bertz CT molecular complexity index is 412. The van der Waals surface area contributed by atoms with Gasteiger partial charge in [-0.15, -0.1) is 0 Å². The number of nitrogens with zero attached hydrogens (tertiary/aromatic N) is 3. The lowest BCUT2D eigenvalue weighted by Crippen LogP contribution is -2.43. The molecule has 3 heterocycles. The van der Waals surface area contributed by atoms with E-state index < -0.39 is 0 Å². The maximum Gasteiger partial charge on any atom is 0.239 e. The number of hydrazine groups is 1. The number of rotatable bonds is 2. The van der Waals surface area contributed by atoms with E-state index in [2.05, 4.69) is 20.3 Å². The number of nitrogens with two attached hydrogens (primary N) is 1. The van der Waals surface area contributed by atoms with Crippen LogP contribution in [0.1, 0.15) is 18.4 Å². The fraction of sp³-hybridized carbons (Fsp3) is 0.636. The minimum atomic E-state index is 0.359. The van der Waals surface area contributed by atoms with Crippen molar-refractivity contribution < 1.29 is 4.74 Å². The molecule has 3 N–H and O–H groups in total. The number of aromatic nitrogens is 2. The Labute approximate surface area is 100 Å². The zero-order chi connectivity index (χ0) is 11.8. The lowest BCUT2D eigenvalue weighted by Gasteiger charge is -2.33. The van der Waals surface area contributed by atoms with Gasteiger partial charge in [0.25, 0.3) is 0 Å². The van der Waals surface area contributed by atoms with Gasteiger partial charge in [-0.1, -0.05) is 0 Å². The first kappa shape index (κ1) is 10.7. The number of nitrogens with one attached hydrogen (secondary N) is 1. The molecular formula is C11H17N5O. The number of nitrogen functional groups attached to an aromatic ring is 1. The Morgan fingerprint density at radius 2 is 2.12 bits per heavy atom. The minimum Gasteiger partial charge on any atom is -0.371 e. The van der Waals surface area contributed by atoms with Crippen molar-refractivity contribution in [2.75, 3.05) is 23.4 Å². The second-order valence-corrected chi connectivity index (χ2v) is 4.71. The molecule has 0 saturated carbocycles. The molecule has 0 radical (unpaired) electrons. The number of hydrogen-bond acceptors (Lipinski definition) is 6. The minimum absolute atomic E-state index is 0.359. The number of fused-ring (bicyclic) bond motifs is 2. The van der Waals surface area contributed by atoms with E-state index in [1.54, 1.807) is 6.20 Å². The van der Waals surface area contributed by atoms with Gasteiger partial charge in [-0.2, -0.15) is 4.98 Å². The highest BCUT2D eigenvalue weighted by Gasteiger charge is 2.34. The summed E-state index contributed by atoms with van der Waals surface area (Å²) in [7, 11) is 0. The van der Waals surface area contributed by atoms with Gasteiger partial charge in [-0.25, -0.2) is 10.8 Å². The monoisotopic (exact) mass is 235 g/mol. The molecule has 0 amide bonds. The third-order valence-corrected chi connectivity index (χ3v) is 3.42. The molecule has 2 aliphatic heterocycles. The third kappa shape index (κ3) is 1.94. The second kappa shape index (κ2) is 4.12. The number of morpholine rings is 1. The van der Waals surface area contributed by atoms with Gasteiger partial charge < -0.3 is 9.64 Å². The summed E-state index contributed by atoms with van der Waals surface area (Å²) in [6, 6.07) is 0. The molecule has 6 nitrogen and oxygen atoms in total. The third-order valence-electron chi connectivity index (χ3n) is 3.42. The van der Waals surface area contributed by atoms with E-state index in [4.69, 9.17) is 10.6 Å². The molecule has 0 aromatic carbocycles. The maximum atomic E-state index is 5.82. The topological polar surface area (TPSA) is 76.3 Å². The summed E-state index contributed by atoms with van der Waals surface area (Å²) in [6.45, 7) is 3.85. The van der Waals surface area contributed by atoms with E-state index in [0.29, 0.717) is 18.2 Å². The van der Waals surface area contributed by atoms with Gasteiger partial charge in [-0.05, 0) is 19.8 Å². The van der Waals surface area contributed by atoms with Crippen LogP contribution in [0.25, 0.3) is 0 Å². The summed E-state index contributed by atoms with van der Waals surface area (Å²) < 4.78 is 5.82. The molecule has 17 heavy (non-hydrogen) atoms. The zero-order valence-electron chi connectivity index (χ0n) is 9.89. The van der Waals surface area contributed by atoms with Gasteiger partial charge in [-0.3, -0.25) is 5.43 Å². The molecular weight excluding hydrogens is 218 g/mol. The molecule has 2 atom stereocenters. The molecule has 0 aliphatic carbocycles. The van der Waals surface area contributed by atoms with Crippen LogP contribution < -0.4 is 16.2 Å². The average Bonchev–Trinajstić information content (AvgIpc) is 2.69. The fourth-order valence-electron chi connectivity index (χ4n) is 2.61. The summed E-state index contributed by atoms with van der Waals surface area (Å²) >= 11 is 0. The van der Waals surface area contributed by atoms with Gasteiger partial charge >= 0.3 is 0 Å². The lowest BCUT2D eigenvalue weighted by molar-refractivity contribution is 0.0302. The van der Waals surface area contributed by atoms with E-state index in [-0.39, 0.29) is 0 Å². The average molecular weight is 235 g/mol. The van der Waals surface area contributed by atoms with E-state index >= 15 is 0 Å². The second-order valence-electron chi connectivity index (χ2n) is 4.71. The molecule has 0 spiro atoms. The highest BCUT2D eigenvalue weighted by Crippen LogP contribution is 2.30. The predicted molar refractivity (Wildman–Crippen MR) is 64.7 cm³/mol. The van der Waals surface area contributed by atoms with Gasteiger partial charge in [0.15, 0.2) is 0 Å². The van der Waals surface area contributed by atoms with Crippen LogP contribution >= 0.6 is 0 Å². The molecule has 2 unspecified atom stereocenters. The molecule has 2 aliphatic rings. The van der Waals surface area contributed by atoms with Crippen LogP contribution in [0.15, 0.2) is 6.20 Å². The number of ether oxygens (including phenoxy) is 1. The summed E-state index contributed by atoms with van der Waals surface area (Å²) in [5.41, 5.74) is 3.57. The first-order valence-electron chi connectivity index (χ1n) is 5.97. The highest BCUT2D eigenvalue weighted by atomic mass is 16.5. The van der Waals surface area contributed by atoms with Crippen molar-refractivity contribution in [3.05, 3.63) is 11.8 Å². The molecule has 2 bridgehead atoms. The van der Waals surface area contributed by atoms with Crippen LogP contribution in [-0.4, -0.2) is 35.3 Å². The van der Waals surface area contributed by atoms with Gasteiger partial charge in [0.1, 0.15) is 5.82 Å². The molecule has 2 fully saturated rings. The zero-order valence-corrected chi connectivity index (χ0v) is 9.89. The smallest absolute Gasteiger partial charge is 0.239 e. The van der Waals surface area contributed by atoms with Crippen LogP contribution in [-0.2, 0) is 4.74 Å². The standard InChI is InChI=1S/C11H17N5O/c1-7-4-13-11(15-12)14-10(7)16-5-8-2-3-9(6-16)17-8/h4,8-9H,2-3,5-6,12H2,1H3,(H,13,14,15). The molecule has 3 rings (SSSR count). The van der Waals surface area contributed by atoms with Crippen LogP contribution in [0.5, 0.6) is 0 Å². The number of hydrogen-bond donors (Lipinski definition) is 2. The van der Waals surface area contributed by atoms with E-state index in [1.807, 2.05) is 6.92 Å². The van der Waals surface area contributed by atoms with E-state index in [0.717, 1.165) is 37.3 Å². The summed E-state index contributed by atoms with van der Waals surface area (Å²) in [4.78, 5) is 10.8. The molecule has 6 heteroatoms. The summed E-state index contributed by atoms with van der Waals surface area (Å²) in [5, 5.41) is 0. The van der Waals surface area contributed by atoms with Crippen molar-refractivity contribution in [1.29, 1.82) is 0 Å². The quantitative estimate of drug-likeness (QED) is 0.572. The lowest BCUT2D eigenvalue weighted by atomic mass is 10.2. The van der Waals surface area contributed by atoms with Crippen molar-refractivity contribution in [3.8, 4) is 0 Å². The van der Waals surface area contributed by atoms with Crippen molar-refractivity contribution >= 4 is 11.8 Å². The van der Waals surface area contributed by atoms with Crippen LogP contribution in [0.2, 0.25) is 0 Å². The van der Waals surface area contributed by atoms with Crippen LogP contribution in [0, 0.1) is 6.92 Å². The van der Waals surface area contributed by atoms with Crippen molar-refractivity contribution in [2.24, 2.45) is 5.84 Å².